The van der Waals surface area contributed by atoms with E-state index in [4.69, 9.17) is 15.9 Å². The maximum Gasteiger partial charge on any atom is 0.306 e. The summed E-state index contributed by atoms with van der Waals surface area (Å²) in [4.78, 5) is 12.6. The van der Waals surface area contributed by atoms with Crippen molar-refractivity contribution in [2.75, 3.05) is 24.4 Å². The lowest BCUT2D eigenvalue weighted by atomic mass is 9.70. The molecule has 0 heterocycles. The van der Waals surface area contributed by atoms with Crippen LogP contribution in [-0.4, -0.2) is 36.4 Å². The first-order valence-corrected chi connectivity index (χ1v) is 13.1. The van der Waals surface area contributed by atoms with Gasteiger partial charge >= 0.3 is 5.97 Å². The van der Waals surface area contributed by atoms with Crippen molar-refractivity contribution in [3.63, 3.8) is 0 Å². The Morgan fingerprint density at radius 2 is 1.90 bits per heavy atom. The second-order valence-corrected chi connectivity index (χ2v) is 11.8. The Balaban J connectivity index is 1.66. The highest BCUT2D eigenvalue weighted by molar-refractivity contribution is 7.96. The van der Waals surface area contributed by atoms with Crippen LogP contribution in [0, 0.1) is 58.9 Å². The van der Waals surface area contributed by atoms with Gasteiger partial charge in [-0.05, 0) is 59.2 Å². The molecular weight excluding hydrogens is 392 g/mol. The minimum absolute atomic E-state index is 0.00767. The van der Waals surface area contributed by atoms with E-state index in [2.05, 4.69) is 63.7 Å². The second-order valence-electron chi connectivity index (χ2n) is 9.38. The van der Waals surface area contributed by atoms with Gasteiger partial charge in [-0.15, -0.1) is 6.42 Å². The average molecular weight is 430 g/mol. The first-order chi connectivity index (χ1) is 14.3. The maximum absolute atomic E-state index is 12.6. The normalized spacial score (nSPS) is 29.0. The molecular formula is C26H37O3S+. The Bertz CT molecular complexity index is 757. The number of carbonyl (C=O) groups excluding carboxylic acids is 1. The molecule has 2 aliphatic rings. The number of esters is 1. The van der Waals surface area contributed by atoms with Crippen LogP contribution in [0.3, 0.4) is 0 Å². The summed E-state index contributed by atoms with van der Waals surface area (Å²) in [6, 6.07) is 0. The lowest BCUT2D eigenvalue weighted by molar-refractivity contribution is -0.160. The molecule has 0 radical (unpaired) electrons. The molecule has 0 aromatic rings. The van der Waals surface area contributed by atoms with E-state index in [9.17, 15) is 4.79 Å². The van der Waals surface area contributed by atoms with Gasteiger partial charge in [-0.3, -0.25) is 4.79 Å². The van der Waals surface area contributed by atoms with Gasteiger partial charge < -0.3 is 9.47 Å². The van der Waals surface area contributed by atoms with Crippen molar-refractivity contribution in [1.82, 2.24) is 0 Å². The first kappa shape index (κ1) is 24.6. The monoisotopic (exact) mass is 429 g/mol. The lowest BCUT2D eigenvalue weighted by Gasteiger charge is -2.39. The highest BCUT2D eigenvalue weighted by atomic mass is 32.2. The number of hydrogen-bond donors (Lipinski definition) is 0. The molecule has 2 fully saturated rings. The van der Waals surface area contributed by atoms with Crippen LogP contribution in [0.5, 0.6) is 0 Å². The summed E-state index contributed by atoms with van der Waals surface area (Å²) in [5.41, 5.74) is 0.382. The molecule has 0 aromatic carbocycles. The van der Waals surface area contributed by atoms with E-state index in [-0.39, 0.29) is 33.8 Å². The Kier molecular flexibility index (Phi) is 9.07. The molecule has 2 rings (SSSR count). The second kappa shape index (κ2) is 11.1. The molecule has 0 spiro atoms. The van der Waals surface area contributed by atoms with E-state index < -0.39 is 0 Å². The summed E-state index contributed by atoms with van der Waals surface area (Å²) in [5, 5.41) is 0. The standard InChI is InChI=1S/C26H37O3S/c1-7-9-10-11-17-28-18-13-20-30(6)19-12-14-23(27)29-24-21(8-2)22-15-16-26(24,5)25(22,3)4/h1,21-22,24H,8,12-16,18-20H2,2-6H3/q+1. The van der Waals surface area contributed by atoms with Crippen LogP contribution < -0.4 is 0 Å². The molecule has 0 N–H and O–H groups in total. The summed E-state index contributed by atoms with van der Waals surface area (Å²) in [6.07, 6.45) is 15.8. The molecule has 0 aromatic heterocycles. The third-order valence-electron chi connectivity index (χ3n) is 7.57. The van der Waals surface area contributed by atoms with Crippen molar-refractivity contribution >= 4 is 16.9 Å². The highest BCUT2D eigenvalue weighted by Crippen LogP contribution is 2.69. The predicted octanol–water partition coefficient (Wildman–Crippen LogP) is 4.41. The molecule has 3 nitrogen and oxygen atoms in total. The van der Waals surface area contributed by atoms with Crippen molar-refractivity contribution in [3.8, 4) is 36.2 Å². The summed E-state index contributed by atoms with van der Waals surface area (Å²) < 4.78 is 11.3. The number of ether oxygens (including phenoxy) is 2. The summed E-state index contributed by atoms with van der Waals surface area (Å²) in [5.74, 6) is 13.0. The Morgan fingerprint density at radius 3 is 2.60 bits per heavy atom. The summed E-state index contributed by atoms with van der Waals surface area (Å²) >= 11 is 0. The van der Waals surface area contributed by atoms with E-state index in [1.165, 1.54) is 12.8 Å². The molecule has 30 heavy (non-hydrogen) atoms. The molecule has 5 atom stereocenters. The van der Waals surface area contributed by atoms with Crippen molar-refractivity contribution in [1.29, 1.82) is 0 Å². The minimum atomic E-state index is -0.00767. The quantitative estimate of drug-likeness (QED) is 0.223. The molecule has 2 bridgehead atoms. The number of carbonyl (C=O) groups is 1. The van der Waals surface area contributed by atoms with Gasteiger partial charge in [0.2, 0.25) is 0 Å². The average Bonchev–Trinajstić information content (AvgIpc) is 3.02. The predicted molar refractivity (Wildman–Crippen MR) is 125 cm³/mol. The number of terminal acetylenes is 1. The van der Waals surface area contributed by atoms with Gasteiger partial charge in [-0.1, -0.05) is 27.7 Å². The van der Waals surface area contributed by atoms with Crippen LogP contribution in [0.4, 0.5) is 0 Å². The van der Waals surface area contributed by atoms with E-state index in [1.807, 2.05) is 0 Å². The fraction of sp³-hybridized carbons (Fsp3) is 0.731. The molecule has 4 heteroatoms. The van der Waals surface area contributed by atoms with Crippen LogP contribution >= 0.6 is 0 Å². The number of hydrogen-bond acceptors (Lipinski definition) is 3. The Labute approximate surface area is 186 Å². The third kappa shape index (κ3) is 5.50. The molecule has 0 amide bonds. The molecule has 2 saturated carbocycles. The number of fused-ring (bicyclic) bond motifs is 2. The Morgan fingerprint density at radius 1 is 1.17 bits per heavy atom. The minimum Gasteiger partial charge on any atom is -0.461 e. The van der Waals surface area contributed by atoms with Crippen LogP contribution in [0.1, 0.15) is 66.2 Å². The van der Waals surface area contributed by atoms with Gasteiger partial charge in [0.15, 0.2) is 0 Å². The van der Waals surface area contributed by atoms with Crippen LogP contribution in [0.15, 0.2) is 0 Å². The van der Waals surface area contributed by atoms with Gasteiger partial charge in [0.1, 0.15) is 30.3 Å². The fourth-order valence-corrected chi connectivity index (χ4v) is 6.99. The van der Waals surface area contributed by atoms with Crippen molar-refractivity contribution in [2.24, 2.45) is 22.7 Å². The van der Waals surface area contributed by atoms with Crippen LogP contribution in [0.2, 0.25) is 0 Å². The number of rotatable bonds is 10. The van der Waals surface area contributed by atoms with E-state index in [1.54, 1.807) is 0 Å². The molecule has 2 aliphatic carbocycles. The summed E-state index contributed by atoms with van der Waals surface area (Å²) in [7, 11) is 0.278. The van der Waals surface area contributed by atoms with Gasteiger partial charge in [-0.2, -0.15) is 0 Å². The van der Waals surface area contributed by atoms with Gasteiger partial charge in [0.25, 0.3) is 0 Å². The summed E-state index contributed by atoms with van der Waals surface area (Å²) in [6.45, 7) is 9.94. The van der Waals surface area contributed by atoms with Gasteiger partial charge in [-0.25, -0.2) is 0 Å². The first-order valence-electron chi connectivity index (χ1n) is 11.1. The zero-order valence-electron chi connectivity index (χ0n) is 19.3. The topological polar surface area (TPSA) is 35.5 Å². The fourth-order valence-electron chi connectivity index (χ4n) is 5.54. The zero-order chi connectivity index (χ0) is 22.2. The van der Waals surface area contributed by atoms with Crippen molar-refractivity contribution in [3.05, 3.63) is 0 Å². The Hall–Kier alpha value is -1.70. The van der Waals surface area contributed by atoms with E-state index in [0.717, 1.165) is 30.8 Å². The van der Waals surface area contributed by atoms with Crippen LogP contribution in [0.25, 0.3) is 0 Å². The van der Waals surface area contributed by atoms with Crippen molar-refractivity contribution in [2.45, 2.75) is 72.3 Å². The lowest BCUT2D eigenvalue weighted by Crippen LogP contribution is -2.41. The smallest absolute Gasteiger partial charge is 0.306 e. The highest BCUT2D eigenvalue weighted by Gasteiger charge is 2.66. The SMILES string of the molecule is C#CC#CC#COCCC[S+](C)CCCC(=O)OC1C(CC)C2CCC1(C)C2(C)C. The van der Waals surface area contributed by atoms with Gasteiger partial charge in [0.05, 0.1) is 6.26 Å². The molecule has 0 saturated heterocycles. The van der Waals surface area contributed by atoms with E-state index in [0.29, 0.717) is 24.9 Å². The molecule has 5 unspecified atom stereocenters. The molecule has 164 valence electrons. The van der Waals surface area contributed by atoms with Gasteiger partial charge in [0, 0.05) is 36.5 Å². The third-order valence-corrected chi connectivity index (χ3v) is 9.54. The van der Waals surface area contributed by atoms with Crippen LogP contribution in [-0.2, 0) is 25.2 Å². The van der Waals surface area contributed by atoms with E-state index >= 15 is 0 Å². The zero-order valence-corrected chi connectivity index (χ0v) is 20.1. The maximum atomic E-state index is 12.6. The molecule has 0 aliphatic heterocycles. The van der Waals surface area contributed by atoms with Crippen molar-refractivity contribution < 1.29 is 14.3 Å². The largest absolute Gasteiger partial charge is 0.461 e.